The van der Waals surface area contributed by atoms with Crippen LogP contribution in [0.1, 0.15) is 0 Å². The number of pyridine rings is 1. The lowest BCUT2D eigenvalue weighted by atomic mass is 10.0. The summed E-state index contributed by atoms with van der Waals surface area (Å²) in [4.78, 5) is 12.1. The number of fused-ring (bicyclic) bond motifs is 6. The van der Waals surface area contributed by atoms with Crippen LogP contribution in [0.4, 0.5) is 0 Å². The Morgan fingerprint density at radius 1 is 0.469 bits per heavy atom. The van der Waals surface area contributed by atoms with Gasteiger partial charge in [0.05, 0.1) is 16.7 Å². The number of rotatable bonds is 2. The molecule has 3 aromatic heterocycles. The zero-order valence-electron chi connectivity index (χ0n) is 17.3. The van der Waals surface area contributed by atoms with E-state index in [1.807, 2.05) is 6.20 Å². The third-order valence-electron chi connectivity index (χ3n) is 6.43. The molecular formula is C29H19N3. The summed E-state index contributed by atoms with van der Waals surface area (Å²) in [6, 6.07) is 34.0. The highest BCUT2D eigenvalue weighted by Crippen LogP contribution is 2.35. The third-order valence-corrected chi connectivity index (χ3v) is 6.43. The van der Waals surface area contributed by atoms with E-state index in [2.05, 4.69) is 107 Å². The molecule has 3 heterocycles. The largest absolute Gasteiger partial charge is 0.354 e. The Morgan fingerprint density at radius 2 is 1.03 bits per heavy atom. The SMILES string of the molecule is c1ccc2c(c1)[nH]c1c(-c3ccc(-c4cccc5c4[nH]c4ccccc45)nc3)cccc12. The van der Waals surface area contributed by atoms with Crippen molar-refractivity contribution in [3.05, 3.63) is 103 Å². The number of para-hydroxylation sites is 4. The van der Waals surface area contributed by atoms with Gasteiger partial charge in [0.25, 0.3) is 0 Å². The van der Waals surface area contributed by atoms with Gasteiger partial charge in [0.1, 0.15) is 0 Å². The smallest absolute Gasteiger partial charge is 0.0723 e. The molecule has 3 nitrogen and oxygen atoms in total. The number of H-pyrrole nitrogens is 2. The molecule has 0 fully saturated rings. The lowest BCUT2D eigenvalue weighted by molar-refractivity contribution is 1.33. The van der Waals surface area contributed by atoms with Crippen molar-refractivity contribution in [2.45, 2.75) is 0 Å². The maximum atomic E-state index is 4.87. The Bertz CT molecular complexity index is 1640. The number of benzene rings is 4. The van der Waals surface area contributed by atoms with Crippen molar-refractivity contribution in [1.82, 2.24) is 15.0 Å². The number of aromatic nitrogens is 3. The van der Waals surface area contributed by atoms with Gasteiger partial charge in [-0.25, -0.2) is 0 Å². The molecule has 0 saturated carbocycles. The Labute approximate surface area is 184 Å². The minimum Gasteiger partial charge on any atom is -0.354 e. The first-order chi connectivity index (χ1) is 15.9. The first-order valence-electron chi connectivity index (χ1n) is 10.8. The van der Waals surface area contributed by atoms with Gasteiger partial charge < -0.3 is 9.97 Å². The number of aromatic amines is 2. The highest BCUT2D eigenvalue weighted by atomic mass is 14.7. The molecule has 150 valence electrons. The molecule has 0 radical (unpaired) electrons. The van der Waals surface area contributed by atoms with Gasteiger partial charge in [0.15, 0.2) is 0 Å². The van der Waals surface area contributed by atoms with Gasteiger partial charge in [-0.1, -0.05) is 78.9 Å². The number of hydrogen-bond acceptors (Lipinski definition) is 1. The van der Waals surface area contributed by atoms with E-state index in [1.54, 1.807) is 0 Å². The summed E-state index contributed by atoms with van der Waals surface area (Å²) in [5.41, 5.74) is 8.95. The van der Waals surface area contributed by atoms with Crippen LogP contribution in [0, 0.1) is 0 Å². The van der Waals surface area contributed by atoms with Crippen LogP contribution in [0.15, 0.2) is 103 Å². The van der Waals surface area contributed by atoms with E-state index in [0.29, 0.717) is 0 Å². The number of nitrogens with one attached hydrogen (secondary N) is 2. The molecule has 0 aliphatic heterocycles. The van der Waals surface area contributed by atoms with Gasteiger partial charge in [0.2, 0.25) is 0 Å². The molecule has 4 aromatic carbocycles. The molecule has 0 spiro atoms. The fraction of sp³-hybridized carbons (Fsp3) is 0. The quantitative estimate of drug-likeness (QED) is 0.302. The molecule has 0 aliphatic carbocycles. The van der Waals surface area contributed by atoms with E-state index in [0.717, 1.165) is 38.9 Å². The van der Waals surface area contributed by atoms with E-state index in [-0.39, 0.29) is 0 Å². The third kappa shape index (κ3) is 2.45. The van der Waals surface area contributed by atoms with E-state index in [1.165, 1.54) is 27.1 Å². The van der Waals surface area contributed by atoms with Crippen LogP contribution < -0.4 is 0 Å². The van der Waals surface area contributed by atoms with Gasteiger partial charge in [-0.3, -0.25) is 4.98 Å². The van der Waals surface area contributed by atoms with E-state index in [4.69, 9.17) is 4.98 Å². The maximum absolute atomic E-state index is 4.87. The summed E-state index contributed by atoms with van der Waals surface area (Å²) in [5.74, 6) is 0. The first-order valence-corrected chi connectivity index (χ1v) is 10.8. The second kappa shape index (κ2) is 6.56. The Hall–Kier alpha value is -4.37. The van der Waals surface area contributed by atoms with Crippen LogP contribution in [0.5, 0.6) is 0 Å². The fourth-order valence-corrected chi connectivity index (χ4v) is 4.91. The molecule has 32 heavy (non-hydrogen) atoms. The minimum atomic E-state index is 0.967. The minimum absolute atomic E-state index is 0.967. The summed E-state index contributed by atoms with van der Waals surface area (Å²) < 4.78 is 0. The predicted molar refractivity (Wildman–Crippen MR) is 134 cm³/mol. The number of nitrogens with zero attached hydrogens (tertiary/aromatic N) is 1. The molecule has 0 bridgehead atoms. The maximum Gasteiger partial charge on any atom is 0.0723 e. The molecule has 0 amide bonds. The van der Waals surface area contributed by atoms with Crippen molar-refractivity contribution >= 4 is 43.6 Å². The molecule has 0 saturated heterocycles. The zero-order chi connectivity index (χ0) is 21.1. The van der Waals surface area contributed by atoms with Crippen molar-refractivity contribution in [1.29, 1.82) is 0 Å². The molecule has 7 rings (SSSR count). The highest BCUT2D eigenvalue weighted by molar-refractivity contribution is 6.12. The van der Waals surface area contributed by atoms with Gasteiger partial charge >= 0.3 is 0 Å². The average molecular weight is 409 g/mol. The van der Waals surface area contributed by atoms with Crippen LogP contribution in [0.3, 0.4) is 0 Å². The molecule has 0 aliphatic rings. The monoisotopic (exact) mass is 409 g/mol. The molecule has 0 atom stereocenters. The molecular weight excluding hydrogens is 390 g/mol. The van der Waals surface area contributed by atoms with Gasteiger partial charge in [-0.15, -0.1) is 0 Å². The highest BCUT2D eigenvalue weighted by Gasteiger charge is 2.12. The second-order valence-electron chi connectivity index (χ2n) is 8.23. The van der Waals surface area contributed by atoms with Gasteiger partial charge in [-0.05, 0) is 18.2 Å². The zero-order valence-corrected chi connectivity index (χ0v) is 17.3. The second-order valence-corrected chi connectivity index (χ2v) is 8.23. The van der Waals surface area contributed by atoms with Crippen molar-refractivity contribution in [3.8, 4) is 22.4 Å². The van der Waals surface area contributed by atoms with Crippen LogP contribution in [0.2, 0.25) is 0 Å². The van der Waals surface area contributed by atoms with Crippen LogP contribution in [-0.4, -0.2) is 15.0 Å². The Kier molecular flexibility index (Phi) is 3.55. The van der Waals surface area contributed by atoms with E-state index >= 15 is 0 Å². The normalized spacial score (nSPS) is 11.8. The van der Waals surface area contributed by atoms with E-state index < -0.39 is 0 Å². The lowest BCUT2D eigenvalue weighted by Crippen LogP contribution is -1.87. The van der Waals surface area contributed by atoms with Crippen molar-refractivity contribution in [2.24, 2.45) is 0 Å². The summed E-state index contributed by atoms with van der Waals surface area (Å²) >= 11 is 0. The summed E-state index contributed by atoms with van der Waals surface area (Å²) in [6.07, 6.45) is 1.98. The van der Waals surface area contributed by atoms with Crippen LogP contribution in [-0.2, 0) is 0 Å². The summed E-state index contributed by atoms with van der Waals surface area (Å²) in [6.45, 7) is 0. The first kappa shape index (κ1) is 17.3. The molecule has 2 N–H and O–H groups in total. The van der Waals surface area contributed by atoms with Crippen molar-refractivity contribution in [2.75, 3.05) is 0 Å². The van der Waals surface area contributed by atoms with Gasteiger partial charge in [0, 0.05) is 55.5 Å². The summed E-state index contributed by atoms with van der Waals surface area (Å²) in [7, 11) is 0. The average Bonchev–Trinajstić information content (AvgIpc) is 3.42. The lowest BCUT2D eigenvalue weighted by Gasteiger charge is -2.07. The van der Waals surface area contributed by atoms with Gasteiger partial charge in [-0.2, -0.15) is 0 Å². The summed E-state index contributed by atoms with van der Waals surface area (Å²) in [5, 5.41) is 4.96. The van der Waals surface area contributed by atoms with Crippen molar-refractivity contribution < 1.29 is 0 Å². The Balaban J connectivity index is 1.38. The fourth-order valence-electron chi connectivity index (χ4n) is 4.91. The molecule has 3 heteroatoms. The predicted octanol–water partition coefficient (Wildman–Crippen LogP) is 7.68. The van der Waals surface area contributed by atoms with Crippen LogP contribution >= 0.6 is 0 Å². The Morgan fingerprint density at radius 3 is 1.66 bits per heavy atom. The van der Waals surface area contributed by atoms with Crippen molar-refractivity contribution in [3.63, 3.8) is 0 Å². The van der Waals surface area contributed by atoms with E-state index in [9.17, 15) is 0 Å². The molecule has 7 aromatic rings. The topological polar surface area (TPSA) is 44.5 Å². The standard InChI is InChI=1S/C29H19N3/c1-3-13-26-20(7-1)22-10-5-9-19(28(22)31-26)18-15-16-25(30-17-18)24-12-6-11-23-21-8-2-4-14-27(21)32-29(23)24/h1-17,31-32H. The molecule has 0 unspecified atom stereocenters. The van der Waals surface area contributed by atoms with Crippen LogP contribution in [0.25, 0.3) is 66.0 Å². The number of hydrogen-bond donors (Lipinski definition) is 2.